The molecule has 5 rings (SSSR count). The zero-order chi connectivity index (χ0) is 24.7. The Labute approximate surface area is 215 Å². The zero-order valence-corrected chi connectivity index (χ0v) is 20.5. The van der Waals surface area contributed by atoms with Gasteiger partial charge in [-0.25, -0.2) is 0 Å². The van der Waals surface area contributed by atoms with Gasteiger partial charge in [0.2, 0.25) is 17.6 Å². The molecule has 4 aromatic rings. The number of rotatable bonds is 8. The molecule has 36 heavy (non-hydrogen) atoms. The van der Waals surface area contributed by atoms with E-state index in [2.05, 4.69) is 20.4 Å². The monoisotopic (exact) mass is 502 g/mol. The number of hydrogen-bond acceptors (Lipinski definition) is 6. The molecule has 1 aromatic heterocycles. The van der Waals surface area contributed by atoms with Gasteiger partial charge in [0.25, 0.3) is 0 Å². The summed E-state index contributed by atoms with van der Waals surface area (Å²) in [4.78, 5) is 19.6. The molecule has 0 saturated carbocycles. The molecule has 184 valence electrons. The molecule has 1 unspecified atom stereocenters. The topological polar surface area (TPSA) is 80.5 Å². The molecule has 3 aromatic carbocycles. The van der Waals surface area contributed by atoms with Crippen LogP contribution in [0.2, 0.25) is 5.02 Å². The van der Waals surface area contributed by atoms with Crippen molar-refractivity contribution in [2.45, 2.75) is 26.0 Å². The molecule has 1 fully saturated rings. The number of nitrogens with one attached hydrogen (secondary N) is 1. The third-order valence-electron chi connectivity index (χ3n) is 6.18. The number of piperidine rings is 1. The Bertz CT molecular complexity index is 1280. The van der Waals surface area contributed by atoms with E-state index in [0.717, 1.165) is 42.0 Å². The van der Waals surface area contributed by atoms with Gasteiger partial charge in [-0.15, -0.1) is 0 Å². The second-order valence-corrected chi connectivity index (χ2v) is 9.32. The summed E-state index contributed by atoms with van der Waals surface area (Å²) in [6, 6.07) is 24.8. The first-order valence-corrected chi connectivity index (χ1v) is 12.4. The number of nitrogens with zero attached hydrogens (tertiary/aromatic N) is 3. The Balaban J connectivity index is 1.12. The van der Waals surface area contributed by atoms with Gasteiger partial charge in [0.1, 0.15) is 12.4 Å². The first-order chi connectivity index (χ1) is 17.6. The fourth-order valence-corrected chi connectivity index (χ4v) is 4.39. The lowest BCUT2D eigenvalue weighted by Gasteiger charge is -2.30. The highest BCUT2D eigenvalue weighted by Gasteiger charge is 2.27. The number of ether oxygens (including phenoxy) is 1. The van der Waals surface area contributed by atoms with Gasteiger partial charge >= 0.3 is 0 Å². The molecular formula is C28H27ClN4O3. The lowest BCUT2D eigenvalue weighted by molar-refractivity contribution is -0.121. The molecule has 0 spiro atoms. The Kier molecular flexibility index (Phi) is 7.59. The van der Waals surface area contributed by atoms with Crippen LogP contribution < -0.4 is 10.1 Å². The van der Waals surface area contributed by atoms with Gasteiger partial charge < -0.3 is 14.6 Å². The Morgan fingerprint density at radius 1 is 1.06 bits per heavy atom. The minimum atomic E-state index is -0.105. The van der Waals surface area contributed by atoms with Crippen LogP contribution >= 0.6 is 11.6 Å². The molecule has 7 nitrogen and oxygen atoms in total. The minimum Gasteiger partial charge on any atom is -0.489 e. The van der Waals surface area contributed by atoms with E-state index in [1.54, 1.807) is 12.1 Å². The lowest BCUT2D eigenvalue weighted by atomic mass is 9.97. The smallest absolute Gasteiger partial charge is 0.241 e. The number of aromatic nitrogens is 2. The molecular weight excluding hydrogens is 476 g/mol. The van der Waals surface area contributed by atoms with Crippen molar-refractivity contribution in [1.29, 1.82) is 0 Å². The molecule has 1 amide bonds. The van der Waals surface area contributed by atoms with Crippen molar-refractivity contribution < 1.29 is 14.1 Å². The molecule has 0 bridgehead atoms. The van der Waals surface area contributed by atoms with E-state index >= 15 is 0 Å². The van der Waals surface area contributed by atoms with Crippen molar-refractivity contribution in [2.24, 2.45) is 5.92 Å². The van der Waals surface area contributed by atoms with Crippen molar-refractivity contribution >= 4 is 23.2 Å². The van der Waals surface area contributed by atoms with Gasteiger partial charge in [-0.1, -0.05) is 47.1 Å². The highest BCUT2D eigenvalue weighted by atomic mass is 35.5. The number of hydrogen-bond donors (Lipinski definition) is 1. The van der Waals surface area contributed by atoms with E-state index in [1.165, 1.54) is 0 Å². The standard InChI is InChI=1S/C28H27ClN4O3/c29-23-10-8-21(9-11-23)27-31-26(36-32-27)18-33-16-4-7-22(17-33)28(34)30-24-12-14-25(15-13-24)35-19-20-5-2-1-3-6-20/h1-3,5-6,8-15,22H,4,7,16-19H2,(H,30,34). The van der Waals surface area contributed by atoms with Gasteiger partial charge in [0.05, 0.1) is 12.5 Å². The van der Waals surface area contributed by atoms with Crippen molar-refractivity contribution in [3.05, 3.63) is 95.3 Å². The zero-order valence-electron chi connectivity index (χ0n) is 19.8. The summed E-state index contributed by atoms with van der Waals surface area (Å²) in [6.45, 7) is 2.54. The van der Waals surface area contributed by atoms with Gasteiger partial charge in [0.15, 0.2) is 0 Å². The lowest BCUT2D eigenvalue weighted by Crippen LogP contribution is -2.40. The summed E-state index contributed by atoms with van der Waals surface area (Å²) in [5.74, 6) is 1.74. The Morgan fingerprint density at radius 2 is 1.83 bits per heavy atom. The van der Waals surface area contributed by atoms with Gasteiger partial charge in [-0.3, -0.25) is 9.69 Å². The SMILES string of the molecule is O=C(Nc1ccc(OCc2ccccc2)cc1)C1CCCN(Cc2nc(-c3ccc(Cl)cc3)no2)C1. The fraction of sp³-hybridized carbons (Fsp3) is 0.250. The van der Waals surface area contributed by atoms with Gasteiger partial charge in [-0.2, -0.15) is 4.98 Å². The van der Waals surface area contributed by atoms with Crippen LogP contribution in [0.5, 0.6) is 5.75 Å². The van der Waals surface area contributed by atoms with E-state index in [9.17, 15) is 4.79 Å². The number of halogens is 1. The fourth-order valence-electron chi connectivity index (χ4n) is 4.26. The van der Waals surface area contributed by atoms with Crippen LogP contribution in [0.1, 0.15) is 24.3 Å². The number of likely N-dealkylation sites (tertiary alicyclic amines) is 1. The predicted octanol–water partition coefficient (Wildman–Crippen LogP) is 5.82. The van der Waals surface area contributed by atoms with E-state index in [0.29, 0.717) is 36.4 Å². The molecule has 0 radical (unpaired) electrons. The maximum atomic E-state index is 12.9. The minimum absolute atomic E-state index is 0.0186. The van der Waals surface area contributed by atoms with Gasteiger partial charge in [-0.05, 0) is 73.5 Å². The average molecular weight is 503 g/mol. The van der Waals surface area contributed by atoms with E-state index in [4.69, 9.17) is 20.9 Å². The number of amides is 1. The largest absolute Gasteiger partial charge is 0.489 e. The number of benzene rings is 3. The quantitative estimate of drug-likeness (QED) is 0.327. The van der Waals surface area contributed by atoms with Crippen molar-refractivity contribution in [1.82, 2.24) is 15.0 Å². The van der Waals surface area contributed by atoms with Gasteiger partial charge in [0, 0.05) is 22.8 Å². The molecule has 1 aliphatic heterocycles. The normalized spacial score (nSPS) is 16.0. The van der Waals surface area contributed by atoms with Crippen molar-refractivity contribution in [3.8, 4) is 17.1 Å². The maximum absolute atomic E-state index is 12.9. The number of carbonyl (C=O) groups is 1. The van der Waals surface area contributed by atoms with Crippen LogP contribution in [0, 0.1) is 5.92 Å². The molecule has 2 heterocycles. The summed E-state index contributed by atoms with van der Waals surface area (Å²) >= 11 is 5.95. The van der Waals surface area contributed by atoms with E-state index < -0.39 is 0 Å². The van der Waals surface area contributed by atoms with Crippen LogP contribution in [-0.4, -0.2) is 34.0 Å². The maximum Gasteiger partial charge on any atom is 0.241 e. The Morgan fingerprint density at radius 3 is 2.61 bits per heavy atom. The summed E-state index contributed by atoms with van der Waals surface area (Å²) in [5, 5.41) is 7.79. The number of anilines is 1. The molecule has 8 heteroatoms. The highest BCUT2D eigenvalue weighted by Crippen LogP contribution is 2.23. The molecule has 0 aliphatic carbocycles. The van der Waals surface area contributed by atoms with Crippen molar-refractivity contribution in [3.63, 3.8) is 0 Å². The summed E-state index contributed by atoms with van der Waals surface area (Å²) in [5.41, 5.74) is 2.72. The molecule has 1 saturated heterocycles. The first kappa shape index (κ1) is 24.0. The second-order valence-electron chi connectivity index (χ2n) is 8.88. The Hall–Kier alpha value is -3.68. The summed E-state index contributed by atoms with van der Waals surface area (Å²) in [6.07, 6.45) is 1.78. The van der Waals surface area contributed by atoms with Crippen LogP contribution in [0.25, 0.3) is 11.4 Å². The highest BCUT2D eigenvalue weighted by molar-refractivity contribution is 6.30. The molecule has 1 aliphatic rings. The number of carbonyl (C=O) groups excluding carboxylic acids is 1. The van der Waals surface area contributed by atoms with E-state index in [1.807, 2.05) is 66.7 Å². The summed E-state index contributed by atoms with van der Waals surface area (Å²) in [7, 11) is 0. The molecule has 1 N–H and O–H groups in total. The van der Waals surface area contributed by atoms with Crippen LogP contribution in [-0.2, 0) is 17.9 Å². The average Bonchev–Trinajstić information content (AvgIpc) is 3.38. The van der Waals surface area contributed by atoms with Crippen LogP contribution in [0.3, 0.4) is 0 Å². The predicted molar refractivity (Wildman–Crippen MR) is 139 cm³/mol. The third kappa shape index (κ3) is 6.30. The van der Waals surface area contributed by atoms with E-state index in [-0.39, 0.29) is 11.8 Å². The van der Waals surface area contributed by atoms with Crippen molar-refractivity contribution in [2.75, 3.05) is 18.4 Å². The second kappa shape index (κ2) is 11.4. The third-order valence-corrected chi connectivity index (χ3v) is 6.43. The van der Waals surface area contributed by atoms with Crippen LogP contribution in [0.4, 0.5) is 5.69 Å². The molecule has 1 atom stereocenters. The summed E-state index contributed by atoms with van der Waals surface area (Å²) < 4.78 is 11.3. The first-order valence-electron chi connectivity index (χ1n) is 12.0. The van der Waals surface area contributed by atoms with Crippen LogP contribution in [0.15, 0.2) is 83.4 Å².